The second kappa shape index (κ2) is 11.3. The number of halogens is 2. The van der Waals surface area contributed by atoms with Crippen LogP contribution >= 0.6 is 23.2 Å². The third kappa shape index (κ3) is 5.77. The van der Waals surface area contributed by atoms with E-state index < -0.39 is 0 Å². The summed E-state index contributed by atoms with van der Waals surface area (Å²) in [6.45, 7) is -0.461. The van der Waals surface area contributed by atoms with Gasteiger partial charge in [-0.3, -0.25) is 19.6 Å². The van der Waals surface area contributed by atoms with Crippen LogP contribution in [0.3, 0.4) is 0 Å². The second-order valence-electron chi connectivity index (χ2n) is 8.22. The SMILES string of the molecule is O=C1CN=C(c2ccccc2)c2nc(Cl)ccc2NC(=O)CN=C(c2ccccc2)c2nc(Cl)ccc2N1. The minimum atomic E-state index is -0.388. The highest BCUT2D eigenvalue weighted by atomic mass is 35.5. The van der Waals surface area contributed by atoms with Crippen molar-refractivity contribution in [2.45, 2.75) is 0 Å². The number of anilines is 2. The predicted molar refractivity (Wildman–Crippen MR) is 150 cm³/mol. The lowest BCUT2D eigenvalue weighted by atomic mass is 10.0. The molecule has 0 unspecified atom stereocenters. The summed E-state index contributed by atoms with van der Waals surface area (Å²) in [5.74, 6) is -0.776. The monoisotopic (exact) mass is 542 g/mol. The quantitative estimate of drug-likeness (QED) is 0.345. The number of benzene rings is 2. The molecule has 2 N–H and O–H groups in total. The Bertz CT molecular complexity index is 1450. The molecule has 5 rings (SSSR count). The lowest BCUT2D eigenvalue weighted by Gasteiger charge is -2.16. The zero-order valence-electron chi connectivity index (χ0n) is 19.9. The van der Waals surface area contributed by atoms with Crippen LogP contribution < -0.4 is 10.6 Å². The first-order valence-electron chi connectivity index (χ1n) is 11.6. The molecular weight excluding hydrogens is 523 g/mol. The van der Waals surface area contributed by atoms with E-state index in [1.807, 2.05) is 60.7 Å². The van der Waals surface area contributed by atoms with Crippen molar-refractivity contribution in [1.82, 2.24) is 9.97 Å². The van der Waals surface area contributed by atoms with Crippen LogP contribution in [-0.2, 0) is 9.59 Å². The van der Waals surface area contributed by atoms with Gasteiger partial charge in [-0.1, -0.05) is 83.9 Å². The largest absolute Gasteiger partial charge is 0.323 e. The van der Waals surface area contributed by atoms with E-state index >= 15 is 0 Å². The Labute approximate surface area is 228 Å². The molecule has 0 radical (unpaired) electrons. The number of rotatable bonds is 2. The smallest absolute Gasteiger partial charge is 0.246 e. The van der Waals surface area contributed by atoms with Crippen LogP contribution in [0.15, 0.2) is 94.9 Å². The van der Waals surface area contributed by atoms with Crippen molar-refractivity contribution < 1.29 is 9.59 Å². The van der Waals surface area contributed by atoms with Gasteiger partial charge < -0.3 is 10.6 Å². The number of carbonyl (C=O) groups is 2. The van der Waals surface area contributed by atoms with E-state index in [1.165, 1.54) is 0 Å². The van der Waals surface area contributed by atoms with Gasteiger partial charge in [-0.2, -0.15) is 0 Å². The lowest BCUT2D eigenvalue weighted by Crippen LogP contribution is -2.23. The van der Waals surface area contributed by atoms with E-state index in [9.17, 15) is 9.59 Å². The number of hydrogen-bond donors (Lipinski definition) is 2. The first-order chi connectivity index (χ1) is 18.5. The normalized spacial score (nSPS) is 14.2. The molecule has 2 aromatic carbocycles. The molecule has 1 aliphatic rings. The number of hydrogen-bond acceptors (Lipinski definition) is 6. The van der Waals surface area contributed by atoms with Gasteiger partial charge in [0.1, 0.15) is 34.8 Å². The molecule has 8 nitrogen and oxygen atoms in total. The minimum absolute atomic E-state index is 0.216. The standard InChI is InChI=1S/C28H20Cl2N6O2/c29-21-13-11-19-27(35-21)25(17-7-3-1-4-8-17)31-15-23(37)34-20-12-14-22(30)36-28(20)26(32-16-24(38)33-19)18-9-5-2-6-10-18/h1-14H,15-16H2,(H,33,38)(H,34,37). The maximum absolute atomic E-state index is 13.1. The number of nitrogens with one attached hydrogen (secondary N) is 2. The molecule has 1 aliphatic heterocycles. The molecule has 0 aliphatic carbocycles. The van der Waals surface area contributed by atoms with Crippen LogP contribution in [0.4, 0.5) is 11.4 Å². The average molecular weight is 543 g/mol. The summed E-state index contributed by atoms with van der Waals surface area (Å²) in [5.41, 5.74) is 3.66. The Kier molecular flexibility index (Phi) is 7.53. The van der Waals surface area contributed by atoms with E-state index in [4.69, 9.17) is 23.2 Å². The van der Waals surface area contributed by atoms with Crippen LogP contribution in [0.25, 0.3) is 0 Å². The Morgan fingerprint density at radius 3 is 1.34 bits per heavy atom. The van der Waals surface area contributed by atoms with E-state index in [-0.39, 0.29) is 35.2 Å². The summed E-state index contributed by atoms with van der Waals surface area (Å²) in [6.07, 6.45) is 0. The van der Waals surface area contributed by atoms with Gasteiger partial charge in [-0.25, -0.2) is 9.97 Å². The summed E-state index contributed by atoms with van der Waals surface area (Å²) in [6, 6.07) is 24.9. The molecule has 0 fully saturated rings. The number of fused-ring (bicyclic) bond motifs is 2. The maximum Gasteiger partial charge on any atom is 0.246 e. The number of nitrogens with zero attached hydrogens (tertiary/aromatic N) is 4. The summed E-state index contributed by atoms with van der Waals surface area (Å²) >= 11 is 12.5. The highest BCUT2D eigenvalue weighted by Gasteiger charge is 2.20. The first-order valence-corrected chi connectivity index (χ1v) is 12.4. The van der Waals surface area contributed by atoms with Crippen LogP contribution in [-0.4, -0.2) is 46.3 Å². The van der Waals surface area contributed by atoms with Gasteiger partial charge in [0.25, 0.3) is 0 Å². The molecule has 38 heavy (non-hydrogen) atoms. The van der Waals surface area contributed by atoms with Crippen LogP contribution in [0, 0.1) is 0 Å². The van der Waals surface area contributed by atoms with Crippen molar-refractivity contribution in [2.24, 2.45) is 9.98 Å². The number of aliphatic imine (C=N–C) groups is 2. The number of carbonyl (C=O) groups excluding carboxylic acids is 2. The second-order valence-corrected chi connectivity index (χ2v) is 8.99. The van der Waals surface area contributed by atoms with E-state index in [2.05, 4.69) is 30.6 Å². The maximum atomic E-state index is 13.1. The molecule has 0 bridgehead atoms. The Morgan fingerprint density at radius 2 is 0.947 bits per heavy atom. The Morgan fingerprint density at radius 1 is 0.553 bits per heavy atom. The van der Waals surface area contributed by atoms with Crippen molar-refractivity contribution in [3.05, 3.63) is 118 Å². The lowest BCUT2D eigenvalue weighted by molar-refractivity contribution is -0.115. The molecule has 2 aromatic heterocycles. The number of aromatic nitrogens is 2. The fourth-order valence-electron chi connectivity index (χ4n) is 3.91. The zero-order chi connectivity index (χ0) is 26.5. The third-order valence-corrected chi connectivity index (χ3v) is 6.00. The average Bonchev–Trinajstić information content (AvgIpc) is 2.92. The Balaban J connectivity index is 1.66. The van der Waals surface area contributed by atoms with Gasteiger partial charge in [0, 0.05) is 11.1 Å². The predicted octanol–water partition coefficient (Wildman–Crippen LogP) is 5.05. The first kappa shape index (κ1) is 25.3. The fraction of sp³-hybridized carbons (Fsp3) is 0.0714. The van der Waals surface area contributed by atoms with Gasteiger partial charge in [0.15, 0.2) is 0 Å². The topological polar surface area (TPSA) is 109 Å². The highest BCUT2D eigenvalue weighted by Crippen LogP contribution is 2.24. The fourth-order valence-corrected chi connectivity index (χ4v) is 4.21. The minimum Gasteiger partial charge on any atom is -0.323 e. The van der Waals surface area contributed by atoms with Gasteiger partial charge in [0.05, 0.1) is 22.8 Å². The summed E-state index contributed by atoms with van der Waals surface area (Å²) < 4.78 is 0. The number of amides is 2. The molecule has 4 aromatic rings. The summed E-state index contributed by atoms with van der Waals surface area (Å²) in [4.78, 5) is 44.3. The number of pyridine rings is 2. The van der Waals surface area contributed by atoms with E-state index in [0.29, 0.717) is 45.3 Å². The van der Waals surface area contributed by atoms with Crippen molar-refractivity contribution in [3.63, 3.8) is 0 Å². The highest BCUT2D eigenvalue weighted by molar-refractivity contribution is 6.30. The molecule has 0 saturated carbocycles. The zero-order valence-corrected chi connectivity index (χ0v) is 21.4. The van der Waals surface area contributed by atoms with Crippen LogP contribution in [0.5, 0.6) is 0 Å². The van der Waals surface area contributed by atoms with Gasteiger partial charge >= 0.3 is 0 Å². The van der Waals surface area contributed by atoms with Crippen molar-refractivity contribution in [3.8, 4) is 0 Å². The molecule has 0 spiro atoms. The molecule has 0 atom stereocenters. The summed E-state index contributed by atoms with van der Waals surface area (Å²) in [7, 11) is 0. The third-order valence-electron chi connectivity index (χ3n) is 5.58. The Hall–Kier alpha value is -4.40. The van der Waals surface area contributed by atoms with Crippen LogP contribution in [0.2, 0.25) is 10.3 Å². The van der Waals surface area contributed by atoms with Crippen LogP contribution in [0.1, 0.15) is 22.5 Å². The van der Waals surface area contributed by atoms with Gasteiger partial charge in [0.2, 0.25) is 11.8 Å². The molecule has 0 saturated heterocycles. The van der Waals surface area contributed by atoms with Crippen molar-refractivity contribution in [1.29, 1.82) is 0 Å². The summed E-state index contributed by atoms with van der Waals surface area (Å²) in [5, 5.41) is 6.16. The van der Waals surface area contributed by atoms with Gasteiger partial charge in [-0.05, 0) is 24.3 Å². The van der Waals surface area contributed by atoms with E-state index in [1.54, 1.807) is 24.3 Å². The molecule has 10 heteroatoms. The van der Waals surface area contributed by atoms with Gasteiger partial charge in [-0.15, -0.1) is 0 Å². The molecule has 3 heterocycles. The molecule has 188 valence electrons. The van der Waals surface area contributed by atoms with Crippen molar-refractivity contribution >= 4 is 57.8 Å². The van der Waals surface area contributed by atoms with E-state index in [0.717, 1.165) is 0 Å². The van der Waals surface area contributed by atoms with Crippen molar-refractivity contribution in [2.75, 3.05) is 23.7 Å². The molecular formula is C28H20Cl2N6O2. The molecule has 2 amide bonds.